The van der Waals surface area contributed by atoms with Crippen LogP contribution >= 0.6 is 0 Å². The van der Waals surface area contributed by atoms with Gasteiger partial charge in [-0.05, 0) is 36.4 Å². The summed E-state index contributed by atoms with van der Waals surface area (Å²) in [6.45, 7) is -1.54. The van der Waals surface area contributed by atoms with Gasteiger partial charge in [0.1, 0.15) is 5.75 Å². The van der Waals surface area contributed by atoms with Gasteiger partial charge in [-0.25, -0.2) is 0 Å². The molecule has 0 unspecified atom stereocenters. The zero-order valence-corrected chi connectivity index (χ0v) is 12.4. The van der Waals surface area contributed by atoms with Crippen LogP contribution in [0.3, 0.4) is 0 Å². The summed E-state index contributed by atoms with van der Waals surface area (Å²) in [6, 6.07) is 8.83. The molecule has 0 radical (unpaired) electrons. The van der Waals surface area contributed by atoms with Gasteiger partial charge >= 0.3 is 12.4 Å². The standard InChI is InChI=1S/C16H11F6NO2/c17-15(18,19)9-25-13-4-2-1-3-12(13)23-14(24)10-5-7-11(8-6-10)16(20,21)22/h1-8H,9H2,(H,23,24). The highest BCUT2D eigenvalue weighted by molar-refractivity contribution is 6.05. The molecule has 0 heterocycles. The summed E-state index contributed by atoms with van der Waals surface area (Å²) in [5.41, 5.74) is -1.03. The molecule has 0 aliphatic heterocycles. The number of ether oxygens (including phenoxy) is 1. The molecule has 0 aliphatic rings. The molecule has 1 amide bonds. The molecular formula is C16H11F6NO2. The van der Waals surface area contributed by atoms with Gasteiger partial charge in [0.25, 0.3) is 5.91 Å². The van der Waals surface area contributed by atoms with Gasteiger partial charge in [-0.15, -0.1) is 0 Å². The predicted octanol–water partition coefficient (Wildman–Crippen LogP) is 4.90. The summed E-state index contributed by atoms with van der Waals surface area (Å²) in [7, 11) is 0. The second kappa shape index (κ2) is 7.04. The van der Waals surface area contributed by atoms with E-state index < -0.39 is 30.4 Å². The fourth-order valence-electron chi connectivity index (χ4n) is 1.86. The Morgan fingerprint density at radius 2 is 1.52 bits per heavy atom. The first-order valence-electron chi connectivity index (χ1n) is 6.83. The van der Waals surface area contributed by atoms with Gasteiger partial charge in [0.2, 0.25) is 0 Å². The van der Waals surface area contributed by atoms with Crippen molar-refractivity contribution in [2.24, 2.45) is 0 Å². The Morgan fingerprint density at radius 3 is 2.08 bits per heavy atom. The molecule has 0 bridgehead atoms. The maximum absolute atomic E-state index is 12.5. The maximum Gasteiger partial charge on any atom is 0.422 e. The molecule has 1 N–H and O–H groups in total. The average molecular weight is 363 g/mol. The minimum atomic E-state index is -4.55. The number of anilines is 1. The van der Waals surface area contributed by atoms with Crippen LogP contribution in [0.25, 0.3) is 0 Å². The van der Waals surface area contributed by atoms with Crippen LogP contribution in [0.1, 0.15) is 15.9 Å². The van der Waals surface area contributed by atoms with E-state index in [9.17, 15) is 31.1 Å². The predicted molar refractivity (Wildman–Crippen MR) is 77.4 cm³/mol. The van der Waals surface area contributed by atoms with E-state index in [4.69, 9.17) is 0 Å². The number of para-hydroxylation sites is 2. The van der Waals surface area contributed by atoms with Crippen LogP contribution in [-0.4, -0.2) is 18.7 Å². The molecule has 0 aromatic heterocycles. The highest BCUT2D eigenvalue weighted by atomic mass is 19.4. The molecule has 3 nitrogen and oxygen atoms in total. The first kappa shape index (κ1) is 18.6. The molecular weight excluding hydrogens is 352 g/mol. The Balaban J connectivity index is 2.13. The topological polar surface area (TPSA) is 38.3 Å². The molecule has 0 spiro atoms. The maximum atomic E-state index is 12.5. The van der Waals surface area contributed by atoms with Crippen LogP contribution < -0.4 is 10.1 Å². The van der Waals surface area contributed by atoms with E-state index in [1.807, 2.05) is 0 Å². The molecule has 25 heavy (non-hydrogen) atoms. The molecule has 2 aromatic carbocycles. The monoisotopic (exact) mass is 363 g/mol. The van der Waals surface area contributed by atoms with Gasteiger partial charge in [-0.3, -0.25) is 4.79 Å². The van der Waals surface area contributed by atoms with Crippen molar-refractivity contribution < 1.29 is 35.9 Å². The molecule has 0 atom stereocenters. The van der Waals surface area contributed by atoms with Crippen LogP contribution in [0.4, 0.5) is 32.0 Å². The molecule has 2 aromatic rings. The van der Waals surface area contributed by atoms with Gasteiger partial charge in [-0.2, -0.15) is 26.3 Å². The molecule has 0 fully saturated rings. The number of carbonyl (C=O) groups excluding carboxylic acids is 1. The first-order chi connectivity index (χ1) is 11.6. The van der Waals surface area contributed by atoms with E-state index in [2.05, 4.69) is 10.1 Å². The van der Waals surface area contributed by atoms with Crippen LogP contribution in [0, 0.1) is 0 Å². The van der Waals surface area contributed by atoms with Crippen molar-refractivity contribution in [3.05, 3.63) is 59.7 Å². The average Bonchev–Trinajstić information content (AvgIpc) is 2.52. The molecule has 0 saturated carbocycles. The summed E-state index contributed by atoms with van der Waals surface area (Å²) in [5, 5.41) is 2.31. The lowest BCUT2D eigenvalue weighted by Crippen LogP contribution is -2.20. The van der Waals surface area contributed by atoms with E-state index in [1.165, 1.54) is 24.3 Å². The van der Waals surface area contributed by atoms with Crippen molar-refractivity contribution in [1.29, 1.82) is 0 Å². The lowest BCUT2D eigenvalue weighted by Gasteiger charge is -2.14. The third kappa shape index (κ3) is 5.40. The zero-order chi connectivity index (χ0) is 18.7. The van der Waals surface area contributed by atoms with Gasteiger partial charge in [0.05, 0.1) is 11.3 Å². The number of hydrogen-bond donors (Lipinski definition) is 1. The van der Waals surface area contributed by atoms with Gasteiger partial charge in [0, 0.05) is 5.56 Å². The largest absolute Gasteiger partial charge is 0.482 e. The van der Waals surface area contributed by atoms with Crippen molar-refractivity contribution >= 4 is 11.6 Å². The third-order valence-electron chi connectivity index (χ3n) is 3.00. The number of alkyl halides is 6. The minimum absolute atomic E-state index is 0.0309. The van der Waals surface area contributed by atoms with Crippen molar-refractivity contribution in [2.75, 3.05) is 11.9 Å². The Labute approximate surface area is 138 Å². The number of hydrogen-bond acceptors (Lipinski definition) is 2. The van der Waals surface area contributed by atoms with Crippen LogP contribution in [-0.2, 0) is 6.18 Å². The van der Waals surface area contributed by atoms with E-state index in [0.29, 0.717) is 0 Å². The number of carbonyl (C=O) groups is 1. The Bertz CT molecular complexity index is 738. The number of rotatable bonds is 4. The second-order valence-corrected chi connectivity index (χ2v) is 4.93. The van der Waals surface area contributed by atoms with E-state index in [-0.39, 0.29) is 17.0 Å². The van der Waals surface area contributed by atoms with Crippen molar-refractivity contribution in [1.82, 2.24) is 0 Å². The fraction of sp³-hybridized carbons (Fsp3) is 0.188. The highest BCUT2D eigenvalue weighted by Crippen LogP contribution is 2.30. The second-order valence-electron chi connectivity index (χ2n) is 4.93. The fourth-order valence-corrected chi connectivity index (χ4v) is 1.86. The summed E-state index contributed by atoms with van der Waals surface area (Å²) in [4.78, 5) is 12.1. The Hall–Kier alpha value is -2.71. The molecule has 0 aliphatic carbocycles. The molecule has 0 saturated heterocycles. The SMILES string of the molecule is O=C(Nc1ccccc1OCC(F)(F)F)c1ccc(C(F)(F)F)cc1. The Morgan fingerprint density at radius 1 is 0.920 bits per heavy atom. The summed E-state index contributed by atoms with van der Waals surface area (Å²) in [5.74, 6) is -0.989. The number of benzene rings is 2. The van der Waals surface area contributed by atoms with E-state index in [0.717, 1.165) is 24.3 Å². The smallest absolute Gasteiger partial charge is 0.422 e. The normalized spacial score (nSPS) is 11.9. The number of amides is 1. The van der Waals surface area contributed by atoms with E-state index >= 15 is 0 Å². The van der Waals surface area contributed by atoms with Crippen molar-refractivity contribution in [3.63, 3.8) is 0 Å². The minimum Gasteiger partial charge on any atom is -0.482 e. The van der Waals surface area contributed by atoms with Crippen LogP contribution in [0.2, 0.25) is 0 Å². The first-order valence-corrected chi connectivity index (χ1v) is 6.83. The van der Waals surface area contributed by atoms with E-state index in [1.54, 1.807) is 0 Å². The van der Waals surface area contributed by atoms with Crippen LogP contribution in [0.5, 0.6) is 5.75 Å². The number of nitrogens with one attached hydrogen (secondary N) is 1. The highest BCUT2D eigenvalue weighted by Gasteiger charge is 2.30. The molecule has 134 valence electrons. The quantitative estimate of drug-likeness (QED) is 0.785. The third-order valence-corrected chi connectivity index (χ3v) is 3.00. The van der Waals surface area contributed by atoms with Crippen molar-refractivity contribution in [2.45, 2.75) is 12.4 Å². The molecule has 2 rings (SSSR count). The lowest BCUT2D eigenvalue weighted by atomic mass is 10.1. The lowest BCUT2D eigenvalue weighted by molar-refractivity contribution is -0.153. The van der Waals surface area contributed by atoms with Crippen molar-refractivity contribution in [3.8, 4) is 5.75 Å². The summed E-state index contributed by atoms with van der Waals surface area (Å²) < 4.78 is 78.8. The number of halogens is 6. The van der Waals surface area contributed by atoms with Gasteiger partial charge in [0.15, 0.2) is 6.61 Å². The van der Waals surface area contributed by atoms with Crippen LogP contribution in [0.15, 0.2) is 48.5 Å². The summed E-state index contributed by atoms with van der Waals surface area (Å²) >= 11 is 0. The summed E-state index contributed by atoms with van der Waals surface area (Å²) in [6.07, 6.45) is -9.09. The molecule has 9 heteroatoms. The van der Waals surface area contributed by atoms with Gasteiger partial charge < -0.3 is 10.1 Å². The van der Waals surface area contributed by atoms with Gasteiger partial charge in [-0.1, -0.05) is 12.1 Å². The Kier molecular flexibility index (Phi) is 5.24. The zero-order valence-electron chi connectivity index (χ0n) is 12.4.